The van der Waals surface area contributed by atoms with E-state index in [0.717, 1.165) is 57.8 Å². The van der Waals surface area contributed by atoms with E-state index in [2.05, 4.69) is 50.3 Å². The summed E-state index contributed by atoms with van der Waals surface area (Å²) in [5, 5.41) is 9.64. The lowest BCUT2D eigenvalue weighted by Gasteiger charge is -2.15. The number of carbonyl (C=O) groups is 2. The Morgan fingerprint density at radius 2 is 0.635 bits per heavy atom. The smallest absolute Gasteiger partial charge is 0.306 e. The Morgan fingerprint density at radius 3 is 0.984 bits per heavy atom. The maximum atomic E-state index is 12.3. The minimum absolute atomic E-state index is 0.0675. The molecule has 0 rings (SSSR count). The van der Waals surface area contributed by atoms with Crippen molar-refractivity contribution in [3.8, 4) is 0 Å². The van der Waals surface area contributed by atoms with Crippen molar-refractivity contribution in [3.05, 3.63) is 36.5 Å². The number of hydrogen-bond acceptors (Lipinski definition) is 5. The zero-order valence-electron chi connectivity index (χ0n) is 42.4. The van der Waals surface area contributed by atoms with Crippen molar-refractivity contribution in [2.75, 3.05) is 13.2 Å². The first kappa shape index (κ1) is 61.1. The highest BCUT2D eigenvalue weighted by molar-refractivity contribution is 5.70. The maximum Gasteiger partial charge on any atom is 0.306 e. The first-order valence-corrected chi connectivity index (χ1v) is 28.0. The normalized spacial score (nSPS) is 12.4. The molecule has 0 amide bonds. The van der Waals surface area contributed by atoms with Gasteiger partial charge in [0, 0.05) is 12.8 Å². The number of hydrogen-bond donors (Lipinski definition) is 1. The van der Waals surface area contributed by atoms with Crippen LogP contribution in [-0.4, -0.2) is 36.4 Å². The fraction of sp³-hybridized carbons (Fsp3) is 0.862. The first-order valence-electron chi connectivity index (χ1n) is 28.0. The molecule has 0 fully saturated rings. The number of ether oxygens (including phenoxy) is 2. The Balaban J connectivity index is 3.43. The highest BCUT2D eigenvalue weighted by Gasteiger charge is 2.16. The summed E-state index contributed by atoms with van der Waals surface area (Å²) < 4.78 is 10.7. The van der Waals surface area contributed by atoms with Crippen LogP contribution in [0.5, 0.6) is 0 Å². The Bertz CT molecular complexity index is 1000. The number of carbonyl (C=O) groups excluding carboxylic acids is 2. The predicted octanol–water partition coefficient (Wildman–Crippen LogP) is 18.7. The van der Waals surface area contributed by atoms with Crippen molar-refractivity contribution in [2.45, 2.75) is 309 Å². The van der Waals surface area contributed by atoms with Gasteiger partial charge in [-0.05, 0) is 51.4 Å². The third-order valence-corrected chi connectivity index (χ3v) is 12.7. The van der Waals surface area contributed by atoms with Gasteiger partial charge in [0.1, 0.15) is 6.61 Å². The molecule has 0 aliphatic rings. The van der Waals surface area contributed by atoms with Crippen molar-refractivity contribution in [1.29, 1.82) is 0 Å². The number of rotatable bonds is 52. The number of aliphatic hydroxyl groups is 1. The third-order valence-electron chi connectivity index (χ3n) is 12.7. The third kappa shape index (κ3) is 52.6. The quantitative estimate of drug-likeness (QED) is 0.0374. The molecule has 0 saturated heterocycles. The lowest BCUT2D eigenvalue weighted by molar-refractivity contribution is -0.161. The topological polar surface area (TPSA) is 72.8 Å². The van der Waals surface area contributed by atoms with Gasteiger partial charge >= 0.3 is 11.9 Å². The van der Waals surface area contributed by atoms with Crippen LogP contribution in [0, 0.1) is 0 Å². The molecule has 0 saturated carbocycles. The Kier molecular flexibility index (Phi) is 52.8. The van der Waals surface area contributed by atoms with Crippen LogP contribution >= 0.6 is 0 Å². The molecular weight excluding hydrogens is 777 g/mol. The lowest BCUT2D eigenvalue weighted by atomic mass is 10.0. The summed E-state index contributed by atoms with van der Waals surface area (Å²) in [6, 6.07) is 0. The molecule has 0 aromatic rings. The van der Waals surface area contributed by atoms with Gasteiger partial charge in [0.2, 0.25) is 0 Å². The van der Waals surface area contributed by atoms with Crippen molar-refractivity contribution in [3.63, 3.8) is 0 Å². The van der Waals surface area contributed by atoms with Crippen LogP contribution in [0.2, 0.25) is 0 Å². The van der Waals surface area contributed by atoms with Crippen LogP contribution in [-0.2, 0) is 19.1 Å². The molecule has 0 heterocycles. The van der Waals surface area contributed by atoms with E-state index in [9.17, 15) is 14.7 Å². The number of esters is 2. The summed E-state index contributed by atoms with van der Waals surface area (Å²) in [5.41, 5.74) is 0. The second-order valence-electron chi connectivity index (χ2n) is 19.0. The van der Waals surface area contributed by atoms with E-state index in [4.69, 9.17) is 9.47 Å². The number of allylic oxidation sites excluding steroid dienone is 6. The average Bonchev–Trinajstić information content (AvgIpc) is 3.29. The second-order valence-corrected chi connectivity index (χ2v) is 19.0. The molecule has 0 aromatic carbocycles. The van der Waals surface area contributed by atoms with E-state index in [1.807, 2.05) is 0 Å². The summed E-state index contributed by atoms with van der Waals surface area (Å²) in [6.07, 6.45) is 69.8. The van der Waals surface area contributed by atoms with E-state index in [-0.39, 0.29) is 25.2 Å². The van der Waals surface area contributed by atoms with Gasteiger partial charge in [-0.25, -0.2) is 0 Å². The Hall–Kier alpha value is -1.88. The summed E-state index contributed by atoms with van der Waals surface area (Å²) >= 11 is 0. The first-order chi connectivity index (χ1) is 31.1. The number of aliphatic hydroxyl groups excluding tert-OH is 1. The van der Waals surface area contributed by atoms with Gasteiger partial charge in [-0.2, -0.15) is 0 Å². The van der Waals surface area contributed by atoms with Gasteiger partial charge in [0.05, 0.1) is 6.61 Å². The average molecular weight is 885 g/mol. The summed E-state index contributed by atoms with van der Waals surface area (Å²) in [6.45, 7) is 4.14. The van der Waals surface area contributed by atoms with Crippen molar-refractivity contribution < 1.29 is 24.2 Å². The molecule has 1 unspecified atom stereocenters. The largest absolute Gasteiger partial charge is 0.462 e. The van der Waals surface area contributed by atoms with E-state index >= 15 is 0 Å². The molecule has 1 N–H and O–H groups in total. The Labute approximate surface area is 393 Å². The lowest BCUT2D eigenvalue weighted by Crippen LogP contribution is -2.28. The minimum Gasteiger partial charge on any atom is -0.462 e. The van der Waals surface area contributed by atoms with Gasteiger partial charge in [0.25, 0.3) is 0 Å². The molecule has 0 radical (unpaired) electrons. The monoisotopic (exact) mass is 885 g/mol. The molecule has 0 bridgehead atoms. The molecule has 1 atom stereocenters. The second kappa shape index (κ2) is 54.5. The minimum atomic E-state index is -0.777. The van der Waals surface area contributed by atoms with E-state index in [1.54, 1.807) is 0 Å². The summed E-state index contributed by atoms with van der Waals surface area (Å²) in [7, 11) is 0. The van der Waals surface area contributed by atoms with Gasteiger partial charge in [0.15, 0.2) is 6.10 Å². The molecular formula is C58H108O5. The van der Waals surface area contributed by atoms with Crippen molar-refractivity contribution >= 4 is 11.9 Å². The zero-order valence-corrected chi connectivity index (χ0v) is 42.4. The van der Waals surface area contributed by atoms with Crippen molar-refractivity contribution in [1.82, 2.24) is 0 Å². The molecule has 0 aromatic heterocycles. The van der Waals surface area contributed by atoms with Gasteiger partial charge in [-0.1, -0.05) is 275 Å². The van der Waals surface area contributed by atoms with E-state index in [1.165, 1.54) is 218 Å². The molecule has 5 nitrogen and oxygen atoms in total. The number of unbranched alkanes of at least 4 members (excludes halogenated alkanes) is 38. The van der Waals surface area contributed by atoms with Crippen LogP contribution in [0.1, 0.15) is 303 Å². The molecule has 0 aliphatic heterocycles. The molecule has 63 heavy (non-hydrogen) atoms. The molecule has 0 aliphatic carbocycles. The van der Waals surface area contributed by atoms with Gasteiger partial charge < -0.3 is 14.6 Å². The fourth-order valence-electron chi connectivity index (χ4n) is 8.45. The maximum absolute atomic E-state index is 12.3. The van der Waals surface area contributed by atoms with Crippen LogP contribution in [0.3, 0.4) is 0 Å². The van der Waals surface area contributed by atoms with E-state index in [0.29, 0.717) is 12.8 Å². The van der Waals surface area contributed by atoms with Crippen LogP contribution in [0.4, 0.5) is 0 Å². The molecule has 0 spiro atoms. The highest BCUT2D eigenvalue weighted by atomic mass is 16.6. The zero-order chi connectivity index (χ0) is 45.6. The summed E-state index contributed by atoms with van der Waals surface area (Å²) in [5.74, 6) is -0.591. The molecule has 5 heteroatoms. The van der Waals surface area contributed by atoms with E-state index < -0.39 is 6.10 Å². The van der Waals surface area contributed by atoms with Gasteiger partial charge in [-0.3, -0.25) is 9.59 Å². The van der Waals surface area contributed by atoms with Crippen LogP contribution < -0.4 is 0 Å². The fourth-order valence-corrected chi connectivity index (χ4v) is 8.45. The molecule has 370 valence electrons. The van der Waals surface area contributed by atoms with Crippen molar-refractivity contribution in [2.24, 2.45) is 0 Å². The SMILES string of the molecule is CCCCC/C=C\C/C=C\C/C=C\CCCCCCCCC(=O)OC(CO)COC(=O)CCCCCCCCCCCCCCCCCCCCCCCCCCCCCCCC. The highest BCUT2D eigenvalue weighted by Crippen LogP contribution is 2.17. The van der Waals surface area contributed by atoms with Crippen LogP contribution in [0.25, 0.3) is 0 Å². The summed E-state index contributed by atoms with van der Waals surface area (Å²) in [4.78, 5) is 24.5. The Morgan fingerprint density at radius 1 is 0.365 bits per heavy atom. The van der Waals surface area contributed by atoms with Gasteiger partial charge in [-0.15, -0.1) is 0 Å². The van der Waals surface area contributed by atoms with Crippen LogP contribution in [0.15, 0.2) is 36.5 Å². The predicted molar refractivity (Wildman–Crippen MR) is 274 cm³/mol. The standard InChI is InChI=1S/C58H108O5/c1-3-5-7-9-11-13-15-17-19-21-23-24-25-26-27-28-29-30-31-32-33-35-36-38-40-42-44-46-48-50-52-57(60)62-55-56(54-59)63-58(61)53-51-49-47-45-43-41-39-37-34-22-20-18-16-14-12-10-8-6-4-2/h12,14,18,20,34,37,56,59H,3-11,13,15-17,19,21-33,35-36,38-55H2,1-2H3/b14-12-,20-18-,37-34-.